The number of halogens is 1. The highest BCUT2D eigenvalue weighted by Crippen LogP contribution is 2.22. The van der Waals surface area contributed by atoms with E-state index in [4.69, 9.17) is 4.98 Å². The lowest BCUT2D eigenvalue weighted by molar-refractivity contribution is 0.627. The number of benzene rings is 3. The quantitative estimate of drug-likeness (QED) is 0.499. The molecule has 0 aliphatic carbocycles. The van der Waals surface area contributed by atoms with Crippen LogP contribution in [0.4, 0.5) is 4.39 Å². The SMILES string of the molecule is Fc1cccc(C=Cc2nc3ccccc3n2-c2ccccc2)c1. The van der Waals surface area contributed by atoms with Gasteiger partial charge in [-0.3, -0.25) is 4.57 Å². The molecule has 0 aliphatic heterocycles. The van der Waals surface area contributed by atoms with E-state index >= 15 is 0 Å². The fourth-order valence-corrected chi connectivity index (χ4v) is 2.79. The van der Waals surface area contributed by atoms with E-state index in [1.807, 2.05) is 66.7 Å². The van der Waals surface area contributed by atoms with E-state index in [-0.39, 0.29) is 5.82 Å². The Morgan fingerprint density at radius 1 is 0.792 bits per heavy atom. The van der Waals surface area contributed by atoms with Crippen LogP contribution in [0.15, 0.2) is 78.9 Å². The van der Waals surface area contributed by atoms with Gasteiger partial charge in [-0.05, 0) is 48.0 Å². The second-order valence-corrected chi connectivity index (χ2v) is 5.52. The highest BCUT2D eigenvalue weighted by atomic mass is 19.1. The smallest absolute Gasteiger partial charge is 0.138 e. The zero-order chi connectivity index (χ0) is 16.4. The van der Waals surface area contributed by atoms with E-state index in [1.54, 1.807) is 6.07 Å². The minimum atomic E-state index is -0.242. The van der Waals surface area contributed by atoms with Gasteiger partial charge in [0.05, 0.1) is 11.0 Å². The lowest BCUT2D eigenvalue weighted by Gasteiger charge is -2.06. The van der Waals surface area contributed by atoms with Crippen molar-refractivity contribution in [2.24, 2.45) is 0 Å². The number of aromatic nitrogens is 2. The maximum Gasteiger partial charge on any atom is 0.138 e. The summed E-state index contributed by atoms with van der Waals surface area (Å²) in [7, 11) is 0. The van der Waals surface area contributed by atoms with Gasteiger partial charge >= 0.3 is 0 Å². The van der Waals surface area contributed by atoms with Crippen LogP contribution in [0, 0.1) is 5.82 Å². The fraction of sp³-hybridized carbons (Fsp3) is 0. The number of nitrogens with zero attached hydrogens (tertiary/aromatic N) is 2. The lowest BCUT2D eigenvalue weighted by atomic mass is 10.2. The van der Waals surface area contributed by atoms with Crippen molar-refractivity contribution in [2.75, 3.05) is 0 Å². The summed E-state index contributed by atoms with van der Waals surface area (Å²) in [6.07, 6.45) is 3.80. The van der Waals surface area contributed by atoms with Gasteiger partial charge in [0.15, 0.2) is 0 Å². The molecular formula is C21H15FN2. The Morgan fingerprint density at radius 3 is 2.42 bits per heavy atom. The zero-order valence-corrected chi connectivity index (χ0v) is 12.9. The van der Waals surface area contributed by atoms with Crippen molar-refractivity contribution >= 4 is 23.2 Å². The van der Waals surface area contributed by atoms with Gasteiger partial charge in [-0.15, -0.1) is 0 Å². The third-order valence-electron chi connectivity index (χ3n) is 3.87. The van der Waals surface area contributed by atoms with E-state index in [9.17, 15) is 4.39 Å². The van der Waals surface area contributed by atoms with Crippen LogP contribution in [0.5, 0.6) is 0 Å². The zero-order valence-electron chi connectivity index (χ0n) is 12.9. The molecule has 0 bridgehead atoms. The maximum atomic E-state index is 13.3. The van der Waals surface area contributed by atoms with Crippen molar-refractivity contribution in [3.63, 3.8) is 0 Å². The van der Waals surface area contributed by atoms with Gasteiger partial charge in [-0.25, -0.2) is 9.37 Å². The number of imidazole rings is 1. The third kappa shape index (κ3) is 2.72. The molecule has 4 rings (SSSR count). The minimum Gasteiger partial charge on any atom is -0.293 e. The topological polar surface area (TPSA) is 17.8 Å². The first-order valence-corrected chi connectivity index (χ1v) is 7.78. The van der Waals surface area contributed by atoms with Gasteiger partial charge in [-0.2, -0.15) is 0 Å². The van der Waals surface area contributed by atoms with Crippen molar-refractivity contribution in [3.8, 4) is 5.69 Å². The first-order chi connectivity index (χ1) is 11.8. The Bertz CT molecular complexity index is 1020. The first-order valence-electron chi connectivity index (χ1n) is 7.78. The van der Waals surface area contributed by atoms with Crippen LogP contribution in [-0.2, 0) is 0 Å². The molecule has 3 heteroatoms. The maximum absolute atomic E-state index is 13.3. The second-order valence-electron chi connectivity index (χ2n) is 5.52. The average molecular weight is 314 g/mol. The molecule has 3 aromatic carbocycles. The summed E-state index contributed by atoms with van der Waals surface area (Å²) in [5.74, 6) is 0.570. The molecule has 1 aromatic heterocycles. The minimum absolute atomic E-state index is 0.242. The molecule has 2 nitrogen and oxygen atoms in total. The lowest BCUT2D eigenvalue weighted by Crippen LogP contribution is -1.96. The molecular weight excluding hydrogens is 299 g/mol. The normalized spacial score (nSPS) is 11.4. The van der Waals surface area contributed by atoms with Gasteiger partial charge in [0.2, 0.25) is 0 Å². The number of hydrogen-bond acceptors (Lipinski definition) is 1. The van der Waals surface area contributed by atoms with Crippen LogP contribution in [0.1, 0.15) is 11.4 Å². The molecule has 116 valence electrons. The highest BCUT2D eigenvalue weighted by molar-refractivity contribution is 5.82. The Hall–Kier alpha value is -3.20. The largest absolute Gasteiger partial charge is 0.293 e. The predicted molar refractivity (Wildman–Crippen MR) is 96.4 cm³/mol. The average Bonchev–Trinajstić information content (AvgIpc) is 2.99. The van der Waals surface area contributed by atoms with Crippen molar-refractivity contribution < 1.29 is 4.39 Å². The van der Waals surface area contributed by atoms with Gasteiger partial charge in [0.1, 0.15) is 11.6 Å². The molecule has 24 heavy (non-hydrogen) atoms. The number of rotatable bonds is 3. The number of fused-ring (bicyclic) bond motifs is 1. The third-order valence-corrected chi connectivity index (χ3v) is 3.87. The van der Waals surface area contributed by atoms with Crippen molar-refractivity contribution in [1.82, 2.24) is 9.55 Å². The Balaban J connectivity index is 1.86. The summed E-state index contributed by atoms with van der Waals surface area (Å²) in [6.45, 7) is 0. The number of para-hydroxylation sites is 3. The van der Waals surface area contributed by atoms with Crippen LogP contribution in [0.25, 0.3) is 28.9 Å². The fourth-order valence-electron chi connectivity index (χ4n) is 2.79. The summed E-state index contributed by atoms with van der Waals surface area (Å²) in [6, 6.07) is 24.6. The molecule has 0 saturated carbocycles. The Labute approximate surface area is 139 Å². The molecule has 0 aliphatic rings. The summed E-state index contributed by atoms with van der Waals surface area (Å²) in [5, 5.41) is 0. The van der Waals surface area contributed by atoms with E-state index in [0.717, 1.165) is 28.1 Å². The molecule has 0 N–H and O–H groups in total. The molecule has 4 aromatic rings. The predicted octanol–water partition coefficient (Wildman–Crippen LogP) is 5.34. The van der Waals surface area contributed by atoms with Crippen LogP contribution < -0.4 is 0 Å². The van der Waals surface area contributed by atoms with E-state index < -0.39 is 0 Å². The second kappa shape index (κ2) is 6.13. The summed E-state index contributed by atoms with van der Waals surface area (Å²) in [4.78, 5) is 4.71. The van der Waals surface area contributed by atoms with E-state index in [1.165, 1.54) is 12.1 Å². The van der Waals surface area contributed by atoms with Crippen LogP contribution >= 0.6 is 0 Å². The monoisotopic (exact) mass is 314 g/mol. The van der Waals surface area contributed by atoms with Crippen molar-refractivity contribution in [2.45, 2.75) is 0 Å². The number of hydrogen-bond donors (Lipinski definition) is 0. The summed E-state index contributed by atoms with van der Waals surface area (Å²) in [5.41, 5.74) is 3.83. The van der Waals surface area contributed by atoms with E-state index in [2.05, 4.69) is 10.6 Å². The highest BCUT2D eigenvalue weighted by Gasteiger charge is 2.09. The molecule has 0 unspecified atom stereocenters. The van der Waals surface area contributed by atoms with Crippen LogP contribution in [0.3, 0.4) is 0 Å². The van der Waals surface area contributed by atoms with Crippen molar-refractivity contribution in [3.05, 3.63) is 96.1 Å². The Morgan fingerprint density at radius 2 is 1.58 bits per heavy atom. The first kappa shape index (κ1) is 14.4. The van der Waals surface area contributed by atoms with E-state index in [0.29, 0.717) is 0 Å². The molecule has 0 amide bonds. The molecule has 1 heterocycles. The molecule has 0 saturated heterocycles. The summed E-state index contributed by atoms with van der Waals surface area (Å²) < 4.78 is 15.5. The molecule has 0 spiro atoms. The van der Waals surface area contributed by atoms with Crippen molar-refractivity contribution in [1.29, 1.82) is 0 Å². The van der Waals surface area contributed by atoms with Gasteiger partial charge in [0.25, 0.3) is 0 Å². The van der Waals surface area contributed by atoms with Gasteiger partial charge in [0, 0.05) is 5.69 Å². The summed E-state index contributed by atoms with van der Waals surface area (Å²) >= 11 is 0. The molecule has 0 radical (unpaired) electrons. The standard InChI is InChI=1S/C21H15FN2/c22-17-8-6-7-16(15-17)13-14-21-23-19-11-4-5-12-20(19)24(21)18-9-2-1-3-10-18/h1-15H. The van der Waals surface area contributed by atoms with Crippen LogP contribution in [-0.4, -0.2) is 9.55 Å². The van der Waals surface area contributed by atoms with Gasteiger partial charge in [-0.1, -0.05) is 48.5 Å². The molecule has 0 fully saturated rings. The Kier molecular flexibility index (Phi) is 3.67. The van der Waals surface area contributed by atoms with Crippen LogP contribution in [0.2, 0.25) is 0 Å². The molecule has 0 atom stereocenters. The van der Waals surface area contributed by atoms with Gasteiger partial charge < -0.3 is 0 Å².